The van der Waals surface area contributed by atoms with Gasteiger partial charge in [0.25, 0.3) is 0 Å². The maximum atomic E-state index is 4.07. The molecule has 0 bridgehead atoms. The van der Waals surface area contributed by atoms with Crippen molar-refractivity contribution in [2.75, 3.05) is 23.7 Å². The van der Waals surface area contributed by atoms with Gasteiger partial charge < -0.3 is 10.6 Å². The molecule has 0 aromatic heterocycles. The van der Waals surface area contributed by atoms with Crippen LogP contribution in [0.1, 0.15) is 0 Å². The molecule has 2 aliphatic rings. The minimum absolute atomic E-state index is 0.712. The van der Waals surface area contributed by atoms with Crippen molar-refractivity contribution in [1.29, 1.82) is 0 Å². The molecule has 3 rings (SSSR count). The van der Waals surface area contributed by atoms with E-state index in [1.807, 2.05) is 18.2 Å². The van der Waals surface area contributed by atoms with E-state index in [4.69, 9.17) is 0 Å². The van der Waals surface area contributed by atoms with Gasteiger partial charge in [0.15, 0.2) is 5.82 Å². The van der Waals surface area contributed by atoms with Crippen molar-refractivity contribution in [2.24, 2.45) is 10.2 Å². The fourth-order valence-corrected chi connectivity index (χ4v) is 1.67. The average Bonchev–Trinajstić information content (AvgIpc) is 2.58. The molecule has 1 aromatic rings. The lowest BCUT2D eigenvalue weighted by Gasteiger charge is -2.07. The Labute approximate surface area is 81.7 Å². The van der Waals surface area contributed by atoms with Crippen LogP contribution in [0.15, 0.2) is 45.9 Å². The molecule has 4 nitrogen and oxygen atoms in total. The van der Waals surface area contributed by atoms with Crippen LogP contribution in [-0.2, 0) is 0 Å². The predicted octanol–water partition coefficient (Wildman–Crippen LogP) is 2.20. The molecule has 0 amide bonds. The molecule has 0 fully saturated rings. The Morgan fingerprint density at radius 1 is 1.14 bits per heavy atom. The zero-order valence-corrected chi connectivity index (χ0v) is 7.62. The SMILES string of the molecule is c1ccc2c(c1)NCC1=C(N=NC1)N2. The lowest BCUT2D eigenvalue weighted by atomic mass is 10.2. The molecular formula is C10H10N4. The molecule has 2 aliphatic heterocycles. The second-order valence-corrected chi connectivity index (χ2v) is 3.38. The predicted molar refractivity (Wildman–Crippen MR) is 55.3 cm³/mol. The maximum Gasteiger partial charge on any atom is 0.155 e. The molecule has 0 saturated carbocycles. The van der Waals surface area contributed by atoms with E-state index < -0.39 is 0 Å². The molecule has 14 heavy (non-hydrogen) atoms. The van der Waals surface area contributed by atoms with Gasteiger partial charge in [-0.1, -0.05) is 12.1 Å². The summed E-state index contributed by atoms with van der Waals surface area (Å²) >= 11 is 0. The fourth-order valence-electron chi connectivity index (χ4n) is 1.67. The summed E-state index contributed by atoms with van der Waals surface area (Å²) in [6, 6.07) is 8.12. The molecule has 0 saturated heterocycles. The van der Waals surface area contributed by atoms with Crippen LogP contribution >= 0.6 is 0 Å². The number of azo groups is 1. The molecule has 4 heteroatoms. The van der Waals surface area contributed by atoms with Crippen LogP contribution in [0.3, 0.4) is 0 Å². The van der Waals surface area contributed by atoms with Crippen molar-refractivity contribution in [3.05, 3.63) is 35.7 Å². The standard InChI is InChI=1S/C10H10N4/c1-2-4-9-8(3-1)11-5-7-6-12-14-10(7)13-9/h1-4,11,13H,5-6H2. The summed E-state index contributed by atoms with van der Waals surface area (Å²) in [7, 11) is 0. The molecule has 2 N–H and O–H groups in total. The fraction of sp³-hybridized carbons (Fsp3) is 0.200. The van der Waals surface area contributed by atoms with E-state index >= 15 is 0 Å². The van der Waals surface area contributed by atoms with Gasteiger partial charge in [0, 0.05) is 12.1 Å². The second-order valence-electron chi connectivity index (χ2n) is 3.38. The van der Waals surface area contributed by atoms with Crippen LogP contribution in [-0.4, -0.2) is 13.1 Å². The maximum absolute atomic E-state index is 4.07. The third-order valence-electron chi connectivity index (χ3n) is 2.44. The Bertz CT molecular complexity index is 434. The van der Waals surface area contributed by atoms with Gasteiger partial charge in [-0.05, 0) is 12.1 Å². The average molecular weight is 186 g/mol. The smallest absolute Gasteiger partial charge is 0.155 e. The summed E-state index contributed by atoms with van der Waals surface area (Å²) in [5.41, 5.74) is 3.41. The monoisotopic (exact) mass is 186 g/mol. The van der Waals surface area contributed by atoms with Crippen LogP contribution < -0.4 is 10.6 Å². The van der Waals surface area contributed by atoms with Gasteiger partial charge in [-0.3, -0.25) is 0 Å². The van der Waals surface area contributed by atoms with Crippen LogP contribution in [0, 0.1) is 0 Å². The lowest BCUT2D eigenvalue weighted by Crippen LogP contribution is -2.04. The lowest BCUT2D eigenvalue weighted by molar-refractivity contribution is 1.06. The van der Waals surface area contributed by atoms with E-state index in [9.17, 15) is 0 Å². The molecule has 2 heterocycles. The minimum Gasteiger partial charge on any atom is -0.379 e. The molecule has 0 radical (unpaired) electrons. The Kier molecular flexibility index (Phi) is 1.53. The highest BCUT2D eigenvalue weighted by atomic mass is 15.2. The van der Waals surface area contributed by atoms with E-state index in [-0.39, 0.29) is 0 Å². The summed E-state index contributed by atoms with van der Waals surface area (Å²) in [6.07, 6.45) is 0. The van der Waals surface area contributed by atoms with Crippen LogP contribution in [0.4, 0.5) is 11.4 Å². The number of para-hydroxylation sites is 2. The van der Waals surface area contributed by atoms with Crippen LogP contribution in [0.2, 0.25) is 0 Å². The van der Waals surface area contributed by atoms with E-state index in [1.165, 1.54) is 5.57 Å². The number of rotatable bonds is 0. The highest BCUT2D eigenvalue weighted by molar-refractivity contribution is 5.72. The van der Waals surface area contributed by atoms with Gasteiger partial charge in [-0.2, -0.15) is 5.11 Å². The minimum atomic E-state index is 0.712. The molecule has 0 atom stereocenters. The zero-order valence-electron chi connectivity index (χ0n) is 7.62. The molecule has 0 spiro atoms. The summed E-state index contributed by atoms with van der Waals surface area (Å²) in [6.45, 7) is 1.54. The first-order valence-electron chi connectivity index (χ1n) is 4.63. The van der Waals surface area contributed by atoms with Gasteiger partial charge in [0.2, 0.25) is 0 Å². The van der Waals surface area contributed by atoms with Gasteiger partial charge >= 0.3 is 0 Å². The summed E-state index contributed by atoms with van der Waals surface area (Å²) in [4.78, 5) is 0. The molecule has 0 unspecified atom stereocenters. The van der Waals surface area contributed by atoms with Crippen LogP contribution in [0.25, 0.3) is 0 Å². The Morgan fingerprint density at radius 3 is 2.93 bits per heavy atom. The number of nitrogens with zero attached hydrogens (tertiary/aromatic N) is 2. The first kappa shape index (κ1) is 7.55. The van der Waals surface area contributed by atoms with Crippen molar-refractivity contribution in [3.63, 3.8) is 0 Å². The van der Waals surface area contributed by atoms with E-state index in [2.05, 4.69) is 26.9 Å². The van der Waals surface area contributed by atoms with Gasteiger partial charge in [0.05, 0.1) is 17.9 Å². The number of anilines is 2. The third kappa shape index (κ3) is 1.08. The Balaban J connectivity index is 2.03. The molecule has 1 aromatic carbocycles. The van der Waals surface area contributed by atoms with Crippen molar-refractivity contribution < 1.29 is 0 Å². The first-order valence-corrected chi connectivity index (χ1v) is 4.63. The number of hydrogen-bond acceptors (Lipinski definition) is 4. The largest absolute Gasteiger partial charge is 0.379 e. The first-order chi connectivity index (χ1) is 6.93. The van der Waals surface area contributed by atoms with Crippen molar-refractivity contribution in [2.45, 2.75) is 0 Å². The Morgan fingerprint density at radius 2 is 2.00 bits per heavy atom. The second kappa shape index (κ2) is 2.83. The summed E-state index contributed by atoms with van der Waals surface area (Å²) < 4.78 is 0. The molecule has 70 valence electrons. The number of fused-ring (bicyclic) bond motifs is 1. The summed E-state index contributed by atoms with van der Waals surface area (Å²) in [5, 5.41) is 14.7. The van der Waals surface area contributed by atoms with E-state index in [0.717, 1.165) is 23.7 Å². The van der Waals surface area contributed by atoms with Gasteiger partial charge in [-0.25, -0.2) is 0 Å². The van der Waals surface area contributed by atoms with Crippen LogP contribution in [0.5, 0.6) is 0 Å². The molecular weight excluding hydrogens is 176 g/mol. The normalized spacial score (nSPS) is 18.0. The van der Waals surface area contributed by atoms with Gasteiger partial charge in [0.1, 0.15) is 0 Å². The zero-order chi connectivity index (χ0) is 9.38. The number of hydrogen-bond donors (Lipinski definition) is 2. The van der Waals surface area contributed by atoms with Crippen molar-refractivity contribution >= 4 is 11.4 Å². The highest BCUT2D eigenvalue weighted by Crippen LogP contribution is 2.28. The number of nitrogens with one attached hydrogen (secondary N) is 2. The van der Waals surface area contributed by atoms with Crippen molar-refractivity contribution in [3.8, 4) is 0 Å². The topological polar surface area (TPSA) is 48.8 Å². The van der Waals surface area contributed by atoms with E-state index in [0.29, 0.717) is 6.54 Å². The molecule has 0 aliphatic carbocycles. The van der Waals surface area contributed by atoms with E-state index in [1.54, 1.807) is 0 Å². The number of benzene rings is 1. The van der Waals surface area contributed by atoms with Crippen molar-refractivity contribution in [1.82, 2.24) is 0 Å². The van der Waals surface area contributed by atoms with Gasteiger partial charge in [-0.15, -0.1) is 5.11 Å². The Hall–Kier alpha value is -1.84. The quantitative estimate of drug-likeness (QED) is 0.652. The highest BCUT2D eigenvalue weighted by Gasteiger charge is 2.17. The summed E-state index contributed by atoms with van der Waals surface area (Å²) in [5.74, 6) is 0.905. The third-order valence-corrected chi connectivity index (χ3v) is 2.44.